The van der Waals surface area contributed by atoms with Crippen molar-refractivity contribution in [1.29, 1.82) is 0 Å². The van der Waals surface area contributed by atoms with Crippen LogP contribution < -0.4 is 5.32 Å². The monoisotopic (exact) mass is 266 g/mol. The van der Waals surface area contributed by atoms with Crippen molar-refractivity contribution in [2.45, 2.75) is 31.8 Å². The molecule has 19 heavy (non-hydrogen) atoms. The van der Waals surface area contributed by atoms with Crippen LogP contribution in [0.1, 0.15) is 24.8 Å². The van der Waals surface area contributed by atoms with E-state index in [1.807, 2.05) is 0 Å². The zero-order chi connectivity index (χ0) is 13.2. The van der Waals surface area contributed by atoms with Gasteiger partial charge < -0.3 is 5.32 Å². The third-order valence-electron chi connectivity index (χ3n) is 4.04. The van der Waals surface area contributed by atoms with Crippen LogP contribution in [0.3, 0.4) is 0 Å². The quantitative estimate of drug-likeness (QED) is 0.881. The minimum Gasteiger partial charge on any atom is -0.314 e. The van der Waals surface area contributed by atoms with E-state index in [-0.39, 0.29) is 11.6 Å². The molecule has 4 heteroatoms. The maximum atomic E-state index is 13.6. The summed E-state index contributed by atoms with van der Waals surface area (Å²) in [6, 6.07) is 4.44. The second-order valence-electron chi connectivity index (χ2n) is 5.81. The zero-order valence-corrected chi connectivity index (χ0v) is 11.0. The average molecular weight is 266 g/mol. The molecular weight excluding hydrogens is 246 g/mol. The van der Waals surface area contributed by atoms with E-state index >= 15 is 0 Å². The Morgan fingerprint density at radius 2 is 2.05 bits per heavy atom. The molecular formula is C15H20F2N2. The van der Waals surface area contributed by atoms with Gasteiger partial charge in [-0.25, -0.2) is 8.78 Å². The number of nitrogens with zero attached hydrogens (tertiary/aromatic N) is 1. The summed E-state index contributed by atoms with van der Waals surface area (Å²) >= 11 is 0. The van der Waals surface area contributed by atoms with Gasteiger partial charge >= 0.3 is 0 Å². The first kappa shape index (κ1) is 13.0. The topological polar surface area (TPSA) is 15.3 Å². The number of halogens is 2. The first-order valence-corrected chi connectivity index (χ1v) is 7.10. The lowest BCUT2D eigenvalue weighted by Gasteiger charge is -2.17. The summed E-state index contributed by atoms with van der Waals surface area (Å²) in [6.45, 7) is 3.54. The molecule has 104 valence electrons. The molecule has 1 aromatic carbocycles. The van der Waals surface area contributed by atoms with Gasteiger partial charge in [0.05, 0.1) is 0 Å². The predicted octanol–water partition coefficient (Wildman–Crippen LogP) is 2.54. The van der Waals surface area contributed by atoms with Crippen molar-refractivity contribution >= 4 is 0 Å². The molecule has 1 unspecified atom stereocenters. The van der Waals surface area contributed by atoms with E-state index in [0.29, 0.717) is 18.0 Å². The maximum absolute atomic E-state index is 13.6. The molecule has 1 aliphatic heterocycles. The van der Waals surface area contributed by atoms with Crippen LogP contribution in [-0.2, 0) is 6.54 Å². The van der Waals surface area contributed by atoms with E-state index in [9.17, 15) is 8.78 Å². The van der Waals surface area contributed by atoms with E-state index in [0.717, 1.165) is 32.1 Å². The van der Waals surface area contributed by atoms with Gasteiger partial charge in [0, 0.05) is 24.7 Å². The molecule has 0 aromatic heterocycles. The van der Waals surface area contributed by atoms with Gasteiger partial charge in [0.15, 0.2) is 0 Å². The van der Waals surface area contributed by atoms with Crippen LogP contribution in [0, 0.1) is 17.6 Å². The fraction of sp³-hybridized carbons (Fsp3) is 0.600. The standard InChI is InChI=1S/C15H20F2N2/c16-13-1-4-15(17)12(7-13)10-19-6-5-11(9-19)8-18-14-2-3-14/h1,4,7,11,14,18H,2-3,5-6,8-10H2. The summed E-state index contributed by atoms with van der Waals surface area (Å²) < 4.78 is 26.7. The maximum Gasteiger partial charge on any atom is 0.127 e. The van der Waals surface area contributed by atoms with E-state index < -0.39 is 0 Å². The SMILES string of the molecule is Fc1ccc(F)c(CN2CCC(CNC3CC3)C2)c1. The van der Waals surface area contributed by atoms with Gasteiger partial charge in [-0.05, 0) is 56.5 Å². The lowest BCUT2D eigenvalue weighted by atomic mass is 10.1. The third kappa shape index (κ3) is 3.51. The number of benzene rings is 1. The van der Waals surface area contributed by atoms with Crippen LogP contribution in [0.25, 0.3) is 0 Å². The van der Waals surface area contributed by atoms with Crippen molar-refractivity contribution in [3.05, 3.63) is 35.4 Å². The first-order chi connectivity index (χ1) is 9.20. The van der Waals surface area contributed by atoms with Gasteiger partial charge in [0.1, 0.15) is 11.6 Å². The molecule has 1 aliphatic carbocycles. The summed E-state index contributed by atoms with van der Waals surface area (Å²) in [5.74, 6) is -0.0132. The number of likely N-dealkylation sites (tertiary alicyclic amines) is 1. The van der Waals surface area contributed by atoms with Gasteiger partial charge in [-0.15, -0.1) is 0 Å². The van der Waals surface area contributed by atoms with Crippen molar-refractivity contribution in [1.82, 2.24) is 10.2 Å². The van der Waals surface area contributed by atoms with Gasteiger partial charge in [-0.1, -0.05) is 0 Å². The molecule has 1 atom stereocenters. The molecule has 3 rings (SSSR count). The highest BCUT2D eigenvalue weighted by atomic mass is 19.1. The van der Waals surface area contributed by atoms with Gasteiger partial charge in [0.25, 0.3) is 0 Å². The molecule has 1 aromatic rings. The second kappa shape index (κ2) is 5.55. The Morgan fingerprint density at radius 1 is 1.21 bits per heavy atom. The molecule has 2 nitrogen and oxygen atoms in total. The highest BCUT2D eigenvalue weighted by Gasteiger charge is 2.26. The van der Waals surface area contributed by atoms with Crippen LogP contribution >= 0.6 is 0 Å². The molecule has 0 radical (unpaired) electrons. The van der Waals surface area contributed by atoms with E-state index in [2.05, 4.69) is 10.2 Å². The Kier molecular flexibility index (Phi) is 3.80. The molecule has 1 saturated carbocycles. The number of hydrogen-bond donors (Lipinski definition) is 1. The minimum atomic E-state index is -0.359. The van der Waals surface area contributed by atoms with Crippen molar-refractivity contribution in [3.8, 4) is 0 Å². The normalized spacial score (nSPS) is 24.0. The molecule has 2 aliphatic rings. The van der Waals surface area contributed by atoms with E-state index in [1.165, 1.54) is 31.0 Å². The minimum absolute atomic E-state index is 0.305. The Hall–Kier alpha value is -1.00. The zero-order valence-electron chi connectivity index (χ0n) is 11.0. The van der Waals surface area contributed by atoms with Crippen molar-refractivity contribution in [2.24, 2.45) is 5.92 Å². The van der Waals surface area contributed by atoms with Crippen LogP contribution in [0.15, 0.2) is 18.2 Å². The van der Waals surface area contributed by atoms with E-state index in [4.69, 9.17) is 0 Å². The third-order valence-corrected chi connectivity index (χ3v) is 4.04. The van der Waals surface area contributed by atoms with Gasteiger partial charge in [0.2, 0.25) is 0 Å². The Morgan fingerprint density at radius 3 is 2.84 bits per heavy atom. The highest BCUT2D eigenvalue weighted by molar-refractivity contribution is 5.18. The average Bonchev–Trinajstić information content (AvgIpc) is 3.12. The fourth-order valence-electron chi connectivity index (χ4n) is 2.75. The van der Waals surface area contributed by atoms with E-state index in [1.54, 1.807) is 0 Å². The van der Waals surface area contributed by atoms with Gasteiger partial charge in [-0.2, -0.15) is 0 Å². The molecule has 0 bridgehead atoms. The Balaban J connectivity index is 1.51. The summed E-state index contributed by atoms with van der Waals surface area (Å²) in [4.78, 5) is 2.22. The summed E-state index contributed by atoms with van der Waals surface area (Å²) in [5, 5.41) is 3.54. The molecule has 1 heterocycles. The summed E-state index contributed by atoms with van der Waals surface area (Å²) in [6.07, 6.45) is 3.77. The van der Waals surface area contributed by atoms with Crippen LogP contribution in [0.5, 0.6) is 0 Å². The smallest absolute Gasteiger partial charge is 0.127 e. The number of nitrogens with one attached hydrogen (secondary N) is 1. The fourth-order valence-corrected chi connectivity index (χ4v) is 2.75. The first-order valence-electron chi connectivity index (χ1n) is 7.10. The van der Waals surface area contributed by atoms with Crippen LogP contribution in [-0.4, -0.2) is 30.6 Å². The summed E-state index contributed by atoms with van der Waals surface area (Å²) in [7, 11) is 0. The molecule has 0 amide bonds. The lowest BCUT2D eigenvalue weighted by molar-refractivity contribution is 0.308. The predicted molar refractivity (Wildman–Crippen MR) is 70.8 cm³/mol. The Labute approximate surface area is 112 Å². The van der Waals surface area contributed by atoms with Crippen molar-refractivity contribution in [3.63, 3.8) is 0 Å². The van der Waals surface area contributed by atoms with Crippen LogP contribution in [0.2, 0.25) is 0 Å². The molecule has 0 spiro atoms. The largest absolute Gasteiger partial charge is 0.314 e. The lowest BCUT2D eigenvalue weighted by Crippen LogP contribution is -2.27. The van der Waals surface area contributed by atoms with Crippen molar-refractivity contribution < 1.29 is 8.78 Å². The highest BCUT2D eigenvalue weighted by Crippen LogP contribution is 2.23. The second-order valence-corrected chi connectivity index (χ2v) is 5.81. The molecule has 1 saturated heterocycles. The Bertz CT molecular complexity index is 446. The van der Waals surface area contributed by atoms with Crippen LogP contribution in [0.4, 0.5) is 8.78 Å². The number of hydrogen-bond acceptors (Lipinski definition) is 2. The summed E-state index contributed by atoms with van der Waals surface area (Å²) in [5.41, 5.74) is 0.468. The van der Waals surface area contributed by atoms with Crippen molar-refractivity contribution in [2.75, 3.05) is 19.6 Å². The molecule has 2 fully saturated rings. The molecule has 1 N–H and O–H groups in total. The number of rotatable bonds is 5. The van der Waals surface area contributed by atoms with Gasteiger partial charge in [-0.3, -0.25) is 4.90 Å².